The maximum Gasteiger partial charge on any atom is 0.167 e. The minimum Gasteiger partial charge on any atom is -0.396 e. The van der Waals surface area contributed by atoms with Gasteiger partial charge in [-0.2, -0.15) is 0 Å². The average Bonchev–Trinajstić information content (AvgIpc) is 3.33. The topological polar surface area (TPSA) is 70.1 Å². The molecular formula is C28H44O4. The lowest BCUT2D eigenvalue weighted by Gasteiger charge is -2.46. The van der Waals surface area contributed by atoms with Gasteiger partial charge in [0.1, 0.15) is 11.7 Å². The van der Waals surface area contributed by atoms with Crippen molar-refractivity contribution in [3.05, 3.63) is 23.8 Å². The number of ketones is 1. The van der Waals surface area contributed by atoms with E-state index >= 15 is 0 Å². The fraction of sp³-hybridized carbons (Fsp3) is 0.821. The number of aliphatic hydroxyl groups excluding tert-OH is 2. The molecule has 0 aromatic heterocycles. The van der Waals surface area contributed by atoms with Gasteiger partial charge in [-0.05, 0) is 85.7 Å². The van der Waals surface area contributed by atoms with Gasteiger partial charge in [-0.25, -0.2) is 0 Å². The third-order valence-electron chi connectivity index (χ3n) is 10.1. The molecule has 9 unspecified atom stereocenters. The summed E-state index contributed by atoms with van der Waals surface area (Å²) in [7, 11) is 0. The Labute approximate surface area is 194 Å². The quantitative estimate of drug-likeness (QED) is 0.424. The molecule has 0 aromatic carbocycles. The highest BCUT2D eigenvalue weighted by Gasteiger charge is 2.73. The van der Waals surface area contributed by atoms with Crippen LogP contribution in [0.3, 0.4) is 0 Å². The van der Waals surface area contributed by atoms with Crippen LogP contribution >= 0.6 is 0 Å². The first-order chi connectivity index (χ1) is 15.0. The number of rotatable bonds is 7. The van der Waals surface area contributed by atoms with Crippen LogP contribution in [-0.2, 0) is 9.53 Å². The molecule has 180 valence electrons. The van der Waals surface area contributed by atoms with Crippen LogP contribution < -0.4 is 0 Å². The molecule has 0 bridgehead atoms. The Bertz CT molecular complexity index is 799. The Morgan fingerprint density at radius 1 is 1.16 bits per heavy atom. The van der Waals surface area contributed by atoms with Crippen molar-refractivity contribution < 1.29 is 19.7 Å². The molecule has 2 N–H and O–H groups in total. The van der Waals surface area contributed by atoms with Crippen molar-refractivity contribution in [1.82, 2.24) is 0 Å². The monoisotopic (exact) mass is 444 g/mol. The predicted molar refractivity (Wildman–Crippen MR) is 127 cm³/mol. The highest BCUT2D eigenvalue weighted by Crippen LogP contribution is 2.65. The Hall–Kier alpha value is -0.970. The first-order valence-electron chi connectivity index (χ1n) is 12.9. The van der Waals surface area contributed by atoms with Crippen LogP contribution in [-0.4, -0.2) is 40.4 Å². The summed E-state index contributed by atoms with van der Waals surface area (Å²) in [5, 5.41) is 20.3. The molecule has 32 heavy (non-hydrogen) atoms. The van der Waals surface area contributed by atoms with Gasteiger partial charge in [0.05, 0.1) is 11.5 Å². The van der Waals surface area contributed by atoms with Crippen LogP contribution in [0.5, 0.6) is 0 Å². The largest absolute Gasteiger partial charge is 0.396 e. The molecule has 4 aliphatic rings. The number of hydrogen-bond acceptors (Lipinski definition) is 4. The standard InChI is InChI=1S/C28H44O4/c1-17(2)18(3)7-8-19(4)22-9-10-23(26(22,5)13-14-29)21-15-24-28(32-24)16-20(30)11-12-27(28,6)25(21)31/h7-8,15,17-20,22-24,29-30H,9-14,16H2,1-6H3. The third kappa shape index (κ3) is 3.56. The van der Waals surface area contributed by atoms with E-state index in [1.54, 1.807) is 0 Å². The van der Waals surface area contributed by atoms with Crippen molar-refractivity contribution >= 4 is 5.78 Å². The first kappa shape index (κ1) is 24.2. The Morgan fingerprint density at radius 3 is 2.53 bits per heavy atom. The van der Waals surface area contributed by atoms with E-state index in [1.165, 1.54) is 0 Å². The molecule has 4 rings (SSSR count). The summed E-state index contributed by atoms with van der Waals surface area (Å²) in [5.74, 6) is 2.42. The van der Waals surface area contributed by atoms with E-state index in [0.717, 1.165) is 24.8 Å². The van der Waals surface area contributed by atoms with E-state index in [9.17, 15) is 15.0 Å². The SMILES string of the molecule is CC(C)C(C)C=CC(C)C1CCC(C2=CC3OC34CC(O)CCC4(C)C2=O)C1(C)CCO. The lowest BCUT2D eigenvalue weighted by molar-refractivity contribution is -0.134. The summed E-state index contributed by atoms with van der Waals surface area (Å²) in [6, 6.07) is 0. The van der Waals surface area contributed by atoms with Crippen molar-refractivity contribution in [2.45, 2.75) is 97.9 Å². The van der Waals surface area contributed by atoms with Crippen molar-refractivity contribution in [3.63, 3.8) is 0 Å². The summed E-state index contributed by atoms with van der Waals surface area (Å²) in [5.41, 5.74) is -0.176. The highest BCUT2D eigenvalue weighted by molar-refractivity contribution is 6.03. The van der Waals surface area contributed by atoms with Gasteiger partial charge in [0.2, 0.25) is 0 Å². The van der Waals surface area contributed by atoms with Crippen LogP contribution in [0.1, 0.15) is 80.1 Å². The molecule has 9 atom stereocenters. The maximum atomic E-state index is 14.0. The van der Waals surface area contributed by atoms with E-state index in [1.807, 2.05) is 0 Å². The molecule has 1 spiro atoms. The number of Topliss-reactive ketones (excluding diaryl/α,β-unsaturated/α-hetero) is 1. The van der Waals surface area contributed by atoms with Crippen LogP contribution in [0, 0.1) is 40.4 Å². The van der Waals surface area contributed by atoms with Gasteiger partial charge in [0.25, 0.3) is 0 Å². The van der Waals surface area contributed by atoms with Crippen LogP contribution in [0.2, 0.25) is 0 Å². The van der Waals surface area contributed by atoms with E-state index in [0.29, 0.717) is 42.9 Å². The molecule has 1 aliphatic heterocycles. The molecule has 1 saturated heterocycles. The molecule has 0 radical (unpaired) electrons. The number of epoxide rings is 1. The average molecular weight is 445 g/mol. The van der Waals surface area contributed by atoms with Crippen LogP contribution in [0.4, 0.5) is 0 Å². The molecule has 3 aliphatic carbocycles. The molecule has 4 heteroatoms. The normalized spacial score (nSPS) is 45.5. The van der Waals surface area contributed by atoms with E-state index in [2.05, 4.69) is 59.8 Å². The third-order valence-corrected chi connectivity index (χ3v) is 10.1. The smallest absolute Gasteiger partial charge is 0.167 e. The number of aliphatic hydroxyl groups is 2. The number of carbonyl (C=O) groups is 1. The van der Waals surface area contributed by atoms with Gasteiger partial charge in [-0.15, -0.1) is 0 Å². The maximum absolute atomic E-state index is 14.0. The highest BCUT2D eigenvalue weighted by atomic mass is 16.6. The second-order valence-electron chi connectivity index (χ2n) is 12.2. The van der Waals surface area contributed by atoms with Crippen LogP contribution in [0.15, 0.2) is 23.8 Å². The molecule has 2 saturated carbocycles. The molecule has 4 nitrogen and oxygen atoms in total. The van der Waals surface area contributed by atoms with Crippen LogP contribution in [0.25, 0.3) is 0 Å². The predicted octanol–water partition coefficient (Wildman–Crippen LogP) is 5.08. The van der Waals surface area contributed by atoms with Gasteiger partial charge in [0.15, 0.2) is 5.78 Å². The van der Waals surface area contributed by atoms with Crippen molar-refractivity contribution in [2.24, 2.45) is 40.4 Å². The zero-order chi connectivity index (χ0) is 23.5. The van der Waals surface area contributed by atoms with Gasteiger partial charge in [-0.1, -0.05) is 46.8 Å². The lowest BCUT2D eigenvalue weighted by atomic mass is 9.55. The Kier molecular flexibility index (Phi) is 6.31. The summed E-state index contributed by atoms with van der Waals surface area (Å²) < 4.78 is 6.17. The minimum atomic E-state index is -0.530. The number of hydrogen-bond donors (Lipinski definition) is 2. The van der Waals surface area contributed by atoms with Gasteiger partial charge < -0.3 is 14.9 Å². The molecular weight excluding hydrogens is 400 g/mol. The molecule has 1 heterocycles. The number of carbonyl (C=O) groups excluding carboxylic acids is 1. The Morgan fingerprint density at radius 2 is 1.88 bits per heavy atom. The zero-order valence-electron chi connectivity index (χ0n) is 20.9. The fourth-order valence-electron chi connectivity index (χ4n) is 7.40. The van der Waals surface area contributed by atoms with E-state index < -0.39 is 11.0 Å². The number of allylic oxidation sites excluding steroid dienone is 3. The lowest BCUT2D eigenvalue weighted by Crippen LogP contribution is -2.53. The van der Waals surface area contributed by atoms with Crippen molar-refractivity contribution in [2.75, 3.05) is 6.61 Å². The van der Waals surface area contributed by atoms with E-state index in [4.69, 9.17) is 4.74 Å². The van der Waals surface area contributed by atoms with Crippen molar-refractivity contribution in [1.29, 1.82) is 0 Å². The second-order valence-corrected chi connectivity index (χ2v) is 12.2. The minimum absolute atomic E-state index is 0.0446. The van der Waals surface area contributed by atoms with Gasteiger partial charge in [0, 0.05) is 13.0 Å². The zero-order valence-corrected chi connectivity index (χ0v) is 20.9. The van der Waals surface area contributed by atoms with Crippen molar-refractivity contribution in [3.8, 4) is 0 Å². The van der Waals surface area contributed by atoms with Gasteiger partial charge in [-0.3, -0.25) is 4.79 Å². The summed E-state index contributed by atoms with van der Waals surface area (Å²) in [4.78, 5) is 14.0. The number of ether oxygens (including phenoxy) is 1. The molecule has 0 amide bonds. The second kappa shape index (κ2) is 8.36. The van der Waals surface area contributed by atoms with Gasteiger partial charge >= 0.3 is 0 Å². The summed E-state index contributed by atoms with van der Waals surface area (Å²) in [6.07, 6.45) is 11.2. The first-order valence-corrected chi connectivity index (χ1v) is 12.9. The molecule has 3 fully saturated rings. The fourth-order valence-corrected chi connectivity index (χ4v) is 7.40. The van der Waals surface area contributed by atoms with E-state index in [-0.39, 0.29) is 35.9 Å². The molecule has 0 aromatic rings. The Balaban J connectivity index is 1.61. The summed E-state index contributed by atoms with van der Waals surface area (Å²) >= 11 is 0. The summed E-state index contributed by atoms with van der Waals surface area (Å²) in [6.45, 7) is 13.6.